The lowest BCUT2D eigenvalue weighted by Gasteiger charge is -2.43. The summed E-state index contributed by atoms with van der Waals surface area (Å²) in [5.74, 6) is 2.02. The monoisotopic (exact) mass is 290 g/mol. The van der Waals surface area contributed by atoms with Crippen LogP contribution in [0.3, 0.4) is 0 Å². The number of ether oxygens (including phenoxy) is 2. The van der Waals surface area contributed by atoms with Gasteiger partial charge in [-0.25, -0.2) is 0 Å². The highest BCUT2D eigenvalue weighted by atomic mass is 16.5. The van der Waals surface area contributed by atoms with Crippen molar-refractivity contribution in [2.75, 3.05) is 26.7 Å². The van der Waals surface area contributed by atoms with Crippen LogP contribution in [-0.4, -0.2) is 43.3 Å². The molecule has 0 spiro atoms. The molecule has 1 aromatic carbocycles. The van der Waals surface area contributed by atoms with E-state index in [2.05, 4.69) is 43.1 Å². The van der Waals surface area contributed by atoms with E-state index in [9.17, 15) is 0 Å². The fourth-order valence-corrected chi connectivity index (χ4v) is 3.32. The van der Waals surface area contributed by atoms with Crippen molar-refractivity contribution in [1.82, 2.24) is 10.2 Å². The van der Waals surface area contributed by atoms with Crippen LogP contribution in [0.5, 0.6) is 11.5 Å². The van der Waals surface area contributed by atoms with Gasteiger partial charge in [-0.2, -0.15) is 0 Å². The predicted octanol–water partition coefficient (Wildman–Crippen LogP) is 2.20. The Morgan fingerprint density at radius 3 is 2.95 bits per heavy atom. The summed E-state index contributed by atoms with van der Waals surface area (Å²) in [7, 11) is 1.76. The Kier molecular flexibility index (Phi) is 3.84. The number of rotatable bonds is 3. The largest absolute Gasteiger partial charge is 0.496 e. The van der Waals surface area contributed by atoms with Crippen LogP contribution in [0.15, 0.2) is 12.1 Å². The highest BCUT2D eigenvalue weighted by molar-refractivity contribution is 5.48. The van der Waals surface area contributed by atoms with Crippen molar-refractivity contribution in [3.63, 3.8) is 0 Å². The molecule has 0 radical (unpaired) electrons. The Hall–Kier alpha value is -1.26. The molecular formula is C17H26N2O2. The lowest BCUT2D eigenvalue weighted by molar-refractivity contribution is 0.0818. The average molecular weight is 290 g/mol. The van der Waals surface area contributed by atoms with Gasteiger partial charge in [0.15, 0.2) is 0 Å². The normalized spacial score (nSPS) is 24.5. The molecule has 0 saturated carbocycles. The second-order valence-electron chi connectivity index (χ2n) is 6.82. The van der Waals surface area contributed by atoms with Crippen LogP contribution in [0.25, 0.3) is 0 Å². The minimum atomic E-state index is 0.163. The standard InChI is InChI=1S/C17H26N2O2/c1-12-7-13-8-15(20-4)14(9-16(13)21-12)10-19-6-5-18-11-17(19,2)3/h8-9,12,18H,5-7,10-11H2,1-4H3. The second kappa shape index (κ2) is 5.50. The topological polar surface area (TPSA) is 33.7 Å². The summed E-state index contributed by atoms with van der Waals surface area (Å²) < 4.78 is 11.5. The fraction of sp³-hybridized carbons (Fsp3) is 0.647. The molecule has 1 unspecified atom stereocenters. The summed E-state index contributed by atoms with van der Waals surface area (Å²) in [4.78, 5) is 2.52. The zero-order valence-electron chi connectivity index (χ0n) is 13.5. The molecule has 2 aliphatic heterocycles. The maximum atomic E-state index is 5.90. The molecule has 116 valence electrons. The van der Waals surface area contributed by atoms with Crippen LogP contribution in [-0.2, 0) is 13.0 Å². The first-order chi connectivity index (χ1) is 9.99. The molecule has 1 fully saturated rings. The average Bonchev–Trinajstić information content (AvgIpc) is 2.79. The fourth-order valence-electron chi connectivity index (χ4n) is 3.32. The van der Waals surface area contributed by atoms with Gasteiger partial charge in [-0.3, -0.25) is 4.90 Å². The Morgan fingerprint density at radius 2 is 2.24 bits per heavy atom. The first-order valence-corrected chi connectivity index (χ1v) is 7.82. The molecule has 4 heteroatoms. The molecule has 1 atom stereocenters. The van der Waals surface area contributed by atoms with Crippen molar-refractivity contribution >= 4 is 0 Å². The van der Waals surface area contributed by atoms with Crippen molar-refractivity contribution in [3.05, 3.63) is 23.3 Å². The van der Waals surface area contributed by atoms with Gasteiger partial charge in [0.05, 0.1) is 7.11 Å². The minimum absolute atomic E-state index is 0.163. The van der Waals surface area contributed by atoms with E-state index in [4.69, 9.17) is 9.47 Å². The first-order valence-electron chi connectivity index (χ1n) is 7.82. The maximum absolute atomic E-state index is 5.90. The van der Waals surface area contributed by atoms with Crippen molar-refractivity contribution in [1.29, 1.82) is 0 Å². The second-order valence-corrected chi connectivity index (χ2v) is 6.82. The number of nitrogens with zero attached hydrogens (tertiary/aromatic N) is 1. The highest BCUT2D eigenvalue weighted by Crippen LogP contribution is 2.36. The Morgan fingerprint density at radius 1 is 1.43 bits per heavy atom. The highest BCUT2D eigenvalue weighted by Gasteiger charge is 2.31. The lowest BCUT2D eigenvalue weighted by atomic mass is 9.98. The zero-order valence-corrected chi connectivity index (χ0v) is 13.5. The molecule has 0 bridgehead atoms. The van der Waals surface area contributed by atoms with E-state index in [1.54, 1.807) is 7.11 Å². The van der Waals surface area contributed by atoms with E-state index in [0.717, 1.165) is 44.1 Å². The quantitative estimate of drug-likeness (QED) is 0.925. The van der Waals surface area contributed by atoms with Crippen LogP contribution < -0.4 is 14.8 Å². The van der Waals surface area contributed by atoms with Crippen molar-refractivity contribution < 1.29 is 9.47 Å². The molecule has 4 nitrogen and oxygen atoms in total. The zero-order chi connectivity index (χ0) is 15.0. The third-order valence-corrected chi connectivity index (χ3v) is 4.63. The number of methoxy groups -OCH3 is 1. The number of fused-ring (bicyclic) bond motifs is 1. The van der Waals surface area contributed by atoms with Crippen LogP contribution in [0.4, 0.5) is 0 Å². The van der Waals surface area contributed by atoms with Crippen molar-refractivity contribution in [2.45, 2.75) is 45.4 Å². The van der Waals surface area contributed by atoms with Gasteiger partial charge in [-0.05, 0) is 32.9 Å². The molecule has 0 aliphatic carbocycles. The van der Waals surface area contributed by atoms with Gasteiger partial charge in [0, 0.05) is 49.3 Å². The molecular weight excluding hydrogens is 264 g/mol. The van der Waals surface area contributed by atoms with Gasteiger partial charge in [-0.1, -0.05) is 0 Å². The van der Waals surface area contributed by atoms with Gasteiger partial charge >= 0.3 is 0 Å². The summed E-state index contributed by atoms with van der Waals surface area (Å²) in [6.45, 7) is 10.7. The summed E-state index contributed by atoms with van der Waals surface area (Å²) in [6, 6.07) is 4.33. The summed E-state index contributed by atoms with van der Waals surface area (Å²) in [5, 5.41) is 3.47. The van der Waals surface area contributed by atoms with Gasteiger partial charge in [0.25, 0.3) is 0 Å². The molecule has 0 aromatic heterocycles. The smallest absolute Gasteiger partial charge is 0.123 e. The molecule has 1 N–H and O–H groups in total. The third-order valence-electron chi connectivity index (χ3n) is 4.63. The van der Waals surface area contributed by atoms with Crippen LogP contribution >= 0.6 is 0 Å². The van der Waals surface area contributed by atoms with Crippen LogP contribution in [0.2, 0.25) is 0 Å². The SMILES string of the molecule is COc1cc2c(cc1CN1CCNCC1(C)C)OC(C)C2. The molecule has 1 saturated heterocycles. The summed E-state index contributed by atoms with van der Waals surface area (Å²) in [6.07, 6.45) is 1.25. The Labute approximate surface area is 127 Å². The van der Waals surface area contributed by atoms with E-state index in [1.807, 2.05) is 0 Å². The molecule has 1 aromatic rings. The summed E-state index contributed by atoms with van der Waals surface area (Å²) in [5.41, 5.74) is 2.65. The number of nitrogens with one attached hydrogen (secondary N) is 1. The van der Waals surface area contributed by atoms with Crippen molar-refractivity contribution in [3.8, 4) is 11.5 Å². The summed E-state index contributed by atoms with van der Waals surface area (Å²) >= 11 is 0. The van der Waals surface area contributed by atoms with E-state index >= 15 is 0 Å². The minimum Gasteiger partial charge on any atom is -0.496 e. The number of hydrogen-bond acceptors (Lipinski definition) is 4. The first kappa shape index (κ1) is 14.7. The Balaban J connectivity index is 1.86. The van der Waals surface area contributed by atoms with Gasteiger partial charge in [0.2, 0.25) is 0 Å². The number of benzene rings is 1. The number of hydrogen-bond donors (Lipinski definition) is 1. The maximum Gasteiger partial charge on any atom is 0.123 e. The predicted molar refractivity (Wildman–Crippen MR) is 84.1 cm³/mol. The van der Waals surface area contributed by atoms with E-state index in [-0.39, 0.29) is 11.6 Å². The molecule has 2 aliphatic rings. The van der Waals surface area contributed by atoms with Crippen molar-refractivity contribution in [2.24, 2.45) is 0 Å². The van der Waals surface area contributed by atoms with Crippen LogP contribution in [0, 0.1) is 0 Å². The Bertz CT molecular complexity index is 528. The van der Waals surface area contributed by atoms with Gasteiger partial charge in [0.1, 0.15) is 17.6 Å². The molecule has 0 amide bonds. The van der Waals surface area contributed by atoms with Crippen LogP contribution in [0.1, 0.15) is 31.9 Å². The van der Waals surface area contributed by atoms with Gasteiger partial charge in [-0.15, -0.1) is 0 Å². The van der Waals surface area contributed by atoms with E-state index in [1.165, 1.54) is 11.1 Å². The third kappa shape index (κ3) is 2.87. The molecule has 21 heavy (non-hydrogen) atoms. The lowest BCUT2D eigenvalue weighted by Crippen LogP contribution is -2.57. The van der Waals surface area contributed by atoms with Gasteiger partial charge < -0.3 is 14.8 Å². The number of piperazine rings is 1. The molecule has 2 heterocycles. The molecule has 3 rings (SSSR count). The van der Waals surface area contributed by atoms with E-state index < -0.39 is 0 Å². The van der Waals surface area contributed by atoms with E-state index in [0.29, 0.717) is 0 Å².